The lowest BCUT2D eigenvalue weighted by Crippen LogP contribution is -2.16. The average Bonchev–Trinajstić information content (AvgIpc) is 2.91. The van der Waals surface area contributed by atoms with Gasteiger partial charge in [0.25, 0.3) is 0 Å². The molecule has 1 saturated carbocycles. The predicted octanol–water partition coefficient (Wildman–Crippen LogP) is 5.32. The van der Waals surface area contributed by atoms with E-state index >= 15 is 0 Å². The number of hydrogen-bond acceptors (Lipinski definition) is 2. The van der Waals surface area contributed by atoms with Crippen LogP contribution in [0.1, 0.15) is 40.5 Å². The third-order valence-electron chi connectivity index (χ3n) is 5.56. The summed E-state index contributed by atoms with van der Waals surface area (Å²) in [6.07, 6.45) is 0.519. The van der Waals surface area contributed by atoms with Crippen LogP contribution in [0, 0.1) is 19.3 Å². The van der Waals surface area contributed by atoms with E-state index in [2.05, 4.69) is 38.1 Å². The van der Waals surface area contributed by atoms with E-state index in [1.165, 1.54) is 5.56 Å². The molecule has 0 spiro atoms. The van der Waals surface area contributed by atoms with Crippen molar-refractivity contribution in [3.8, 4) is 0 Å². The number of fused-ring (bicyclic) bond motifs is 1. The Labute approximate surface area is 148 Å². The first-order chi connectivity index (χ1) is 12.1. The maximum atomic E-state index is 13.3. The van der Waals surface area contributed by atoms with Gasteiger partial charge in [0.05, 0.1) is 5.92 Å². The lowest BCUT2D eigenvalue weighted by atomic mass is 9.86. The molecule has 0 aliphatic heterocycles. The molecule has 0 aromatic heterocycles. The monoisotopic (exact) mass is 327 g/mol. The van der Waals surface area contributed by atoms with Crippen LogP contribution in [0.3, 0.4) is 0 Å². The Morgan fingerprint density at radius 1 is 0.880 bits per heavy atom. The number of benzene rings is 3. The second kappa shape index (κ2) is 5.96. The van der Waals surface area contributed by atoms with Crippen molar-refractivity contribution in [3.63, 3.8) is 0 Å². The Morgan fingerprint density at radius 2 is 1.56 bits per heavy atom. The molecular weight excluding hydrogens is 306 g/mol. The second-order valence-electron chi connectivity index (χ2n) is 6.97. The summed E-state index contributed by atoms with van der Waals surface area (Å²) < 4.78 is 0. The molecule has 2 atom stereocenters. The summed E-state index contributed by atoms with van der Waals surface area (Å²) in [6, 6.07) is 20.4. The lowest BCUT2D eigenvalue weighted by molar-refractivity contribution is -0.119. The molecule has 1 aliphatic carbocycles. The SMILES string of the molecule is Cc1cccc(C2C(=N)CC(c3cccc4ccccc34)C2=O)c1C. The Kier molecular flexibility index (Phi) is 3.76. The molecular formula is C23H21NO. The molecule has 1 N–H and O–H groups in total. The predicted molar refractivity (Wildman–Crippen MR) is 103 cm³/mol. The maximum Gasteiger partial charge on any atom is 0.153 e. The van der Waals surface area contributed by atoms with Gasteiger partial charge in [-0.05, 0) is 53.3 Å². The Hall–Kier alpha value is -2.74. The molecule has 3 aromatic carbocycles. The molecule has 0 bridgehead atoms. The first-order valence-electron chi connectivity index (χ1n) is 8.72. The number of Topliss-reactive ketones (excluding diaryl/α,β-unsaturated/α-hetero) is 1. The highest BCUT2D eigenvalue weighted by Crippen LogP contribution is 2.41. The van der Waals surface area contributed by atoms with Crippen LogP contribution in [-0.2, 0) is 4.79 Å². The van der Waals surface area contributed by atoms with E-state index in [0.29, 0.717) is 12.1 Å². The molecule has 0 amide bonds. The topological polar surface area (TPSA) is 40.9 Å². The van der Waals surface area contributed by atoms with Crippen molar-refractivity contribution in [2.45, 2.75) is 32.1 Å². The van der Waals surface area contributed by atoms with Crippen molar-refractivity contribution in [2.24, 2.45) is 0 Å². The minimum atomic E-state index is -0.399. The molecule has 1 aliphatic rings. The number of ketones is 1. The average molecular weight is 327 g/mol. The van der Waals surface area contributed by atoms with Crippen LogP contribution in [0.4, 0.5) is 0 Å². The van der Waals surface area contributed by atoms with Gasteiger partial charge in [-0.25, -0.2) is 0 Å². The van der Waals surface area contributed by atoms with Crippen molar-refractivity contribution < 1.29 is 4.79 Å². The smallest absolute Gasteiger partial charge is 0.153 e. The number of rotatable bonds is 2. The molecule has 0 radical (unpaired) electrons. The van der Waals surface area contributed by atoms with Gasteiger partial charge in [-0.15, -0.1) is 0 Å². The third-order valence-corrected chi connectivity index (χ3v) is 5.56. The van der Waals surface area contributed by atoms with Gasteiger partial charge in [-0.3, -0.25) is 4.79 Å². The van der Waals surface area contributed by atoms with Gasteiger partial charge in [-0.2, -0.15) is 0 Å². The Balaban J connectivity index is 1.80. The summed E-state index contributed by atoms with van der Waals surface area (Å²) in [4.78, 5) is 13.3. The van der Waals surface area contributed by atoms with Gasteiger partial charge in [0, 0.05) is 11.6 Å². The summed E-state index contributed by atoms with van der Waals surface area (Å²) in [5, 5.41) is 10.8. The zero-order valence-electron chi connectivity index (χ0n) is 14.5. The molecule has 25 heavy (non-hydrogen) atoms. The zero-order chi connectivity index (χ0) is 17.6. The highest BCUT2D eigenvalue weighted by atomic mass is 16.1. The number of carbonyl (C=O) groups is 1. The number of carbonyl (C=O) groups excluding carboxylic acids is 1. The van der Waals surface area contributed by atoms with Crippen molar-refractivity contribution in [2.75, 3.05) is 0 Å². The van der Waals surface area contributed by atoms with Crippen LogP contribution in [0.15, 0.2) is 60.7 Å². The van der Waals surface area contributed by atoms with Crippen LogP contribution in [0.25, 0.3) is 10.8 Å². The first-order valence-corrected chi connectivity index (χ1v) is 8.72. The summed E-state index contributed by atoms with van der Waals surface area (Å²) in [5.41, 5.74) is 4.89. The minimum Gasteiger partial charge on any atom is -0.309 e. The molecule has 2 heteroatoms. The number of hydrogen-bond donors (Lipinski definition) is 1. The number of aryl methyl sites for hydroxylation is 1. The molecule has 0 saturated heterocycles. The van der Waals surface area contributed by atoms with E-state index in [1.54, 1.807) is 0 Å². The van der Waals surface area contributed by atoms with E-state index in [1.807, 2.05) is 36.4 Å². The van der Waals surface area contributed by atoms with Gasteiger partial charge in [0.1, 0.15) is 0 Å². The van der Waals surface area contributed by atoms with E-state index in [4.69, 9.17) is 5.41 Å². The van der Waals surface area contributed by atoms with Crippen molar-refractivity contribution in [1.82, 2.24) is 0 Å². The van der Waals surface area contributed by atoms with Crippen LogP contribution in [0.2, 0.25) is 0 Å². The summed E-state index contributed by atoms with van der Waals surface area (Å²) in [7, 11) is 0. The van der Waals surface area contributed by atoms with Crippen molar-refractivity contribution >= 4 is 22.3 Å². The Bertz CT molecular complexity index is 997. The lowest BCUT2D eigenvalue weighted by Gasteiger charge is -2.16. The highest BCUT2D eigenvalue weighted by Gasteiger charge is 2.41. The quantitative estimate of drug-likeness (QED) is 0.680. The summed E-state index contributed by atoms with van der Waals surface area (Å²) >= 11 is 0. The fourth-order valence-electron chi connectivity index (χ4n) is 4.06. The summed E-state index contributed by atoms with van der Waals surface area (Å²) in [5.74, 6) is -0.456. The van der Waals surface area contributed by atoms with Crippen LogP contribution >= 0.6 is 0 Å². The molecule has 124 valence electrons. The fourth-order valence-corrected chi connectivity index (χ4v) is 4.06. The number of nitrogens with one attached hydrogen (secondary N) is 1. The van der Waals surface area contributed by atoms with Crippen molar-refractivity contribution in [1.29, 1.82) is 5.41 Å². The Morgan fingerprint density at radius 3 is 2.40 bits per heavy atom. The molecule has 3 aromatic rings. The molecule has 4 rings (SSSR count). The first kappa shape index (κ1) is 15.8. The normalized spacial score (nSPS) is 20.4. The van der Waals surface area contributed by atoms with E-state index < -0.39 is 5.92 Å². The molecule has 1 fully saturated rings. The standard InChI is InChI=1S/C23H21NO/c1-14-7-5-11-17(15(14)2)22-21(24)13-20(23(22)25)19-12-6-9-16-8-3-4-10-18(16)19/h3-12,20,22,24H,13H2,1-2H3. The fraction of sp³-hybridized carbons (Fsp3) is 0.217. The molecule has 2 unspecified atom stereocenters. The summed E-state index contributed by atoms with van der Waals surface area (Å²) in [6.45, 7) is 4.11. The van der Waals surface area contributed by atoms with Gasteiger partial charge in [0.2, 0.25) is 0 Å². The third kappa shape index (κ3) is 2.49. The van der Waals surface area contributed by atoms with Crippen LogP contribution in [-0.4, -0.2) is 11.5 Å². The zero-order valence-corrected chi connectivity index (χ0v) is 14.5. The highest BCUT2D eigenvalue weighted by molar-refractivity contribution is 6.18. The maximum absolute atomic E-state index is 13.3. The molecule has 0 heterocycles. The van der Waals surface area contributed by atoms with Gasteiger partial charge < -0.3 is 5.41 Å². The largest absolute Gasteiger partial charge is 0.309 e. The van der Waals surface area contributed by atoms with E-state index in [0.717, 1.165) is 27.5 Å². The van der Waals surface area contributed by atoms with Crippen LogP contribution < -0.4 is 0 Å². The van der Waals surface area contributed by atoms with E-state index in [-0.39, 0.29) is 11.7 Å². The second-order valence-corrected chi connectivity index (χ2v) is 6.97. The van der Waals surface area contributed by atoms with Gasteiger partial charge >= 0.3 is 0 Å². The minimum absolute atomic E-state index is 0.162. The van der Waals surface area contributed by atoms with Gasteiger partial charge in [-0.1, -0.05) is 60.7 Å². The van der Waals surface area contributed by atoms with Gasteiger partial charge in [0.15, 0.2) is 5.78 Å². The molecule has 2 nitrogen and oxygen atoms in total. The van der Waals surface area contributed by atoms with E-state index in [9.17, 15) is 4.79 Å². The van der Waals surface area contributed by atoms with Crippen molar-refractivity contribution in [3.05, 3.63) is 82.9 Å². The van der Waals surface area contributed by atoms with Crippen LogP contribution in [0.5, 0.6) is 0 Å².